The molecule has 0 aliphatic carbocycles. The average molecular weight is 312 g/mol. The van der Waals surface area contributed by atoms with Crippen LogP contribution in [0.3, 0.4) is 0 Å². The smallest absolute Gasteiger partial charge is 0.178 e. The Bertz CT molecular complexity index is 525. The van der Waals surface area contributed by atoms with E-state index < -0.39 is 9.84 Å². The Morgan fingerprint density at radius 3 is 2.10 bits per heavy atom. The largest absolute Gasteiger partial charge is 0.381 e. The first-order valence-electron chi connectivity index (χ1n) is 7.37. The molecule has 3 nitrogen and oxygen atoms in total. The predicted molar refractivity (Wildman–Crippen MR) is 87.2 cm³/mol. The third kappa shape index (κ3) is 7.09. The third-order valence-electron chi connectivity index (χ3n) is 3.14. The molecule has 0 aliphatic heterocycles. The Morgan fingerprint density at radius 1 is 1.00 bits per heavy atom. The molecule has 0 fully saturated rings. The zero-order chi connectivity index (χ0) is 16.1. The monoisotopic (exact) mass is 312 g/mol. The number of hydrogen-bond acceptors (Lipinski definition) is 3. The fourth-order valence-electron chi connectivity index (χ4n) is 2.02. The van der Waals surface area contributed by atoms with Crippen LogP contribution in [0.4, 0.5) is 0 Å². The number of ether oxygens (including phenoxy) is 1. The van der Waals surface area contributed by atoms with Gasteiger partial charge in [0.25, 0.3) is 0 Å². The summed E-state index contributed by atoms with van der Waals surface area (Å²) in [5, 5.41) is 0. The van der Waals surface area contributed by atoms with Gasteiger partial charge in [-0.05, 0) is 29.4 Å². The number of hydrogen-bond donors (Lipinski definition) is 0. The lowest BCUT2D eigenvalue weighted by molar-refractivity contribution is 0.0559. The molecule has 1 aromatic rings. The second-order valence-corrected chi connectivity index (χ2v) is 9.59. The van der Waals surface area contributed by atoms with Crippen molar-refractivity contribution in [3.8, 4) is 0 Å². The zero-order valence-corrected chi connectivity index (χ0v) is 14.7. The van der Waals surface area contributed by atoms with Crippen LogP contribution < -0.4 is 0 Å². The lowest BCUT2D eigenvalue weighted by Gasteiger charge is -2.25. The molecule has 0 amide bonds. The predicted octanol–water partition coefficient (Wildman–Crippen LogP) is 3.94. The van der Waals surface area contributed by atoms with E-state index in [1.54, 1.807) is 24.3 Å². The van der Waals surface area contributed by atoms with Crippen molar-refractivity contribution in [1.82, 2.24) is 0 Å². The van der Waals surface area contributed by atoms with Crippen molar-refractivity contribution in [2.45, 2.75) is 45.9 Å². The highest BCUT2D eigenvalue weighted by molar-refractivity contribution is 7.91. The quantitative estimate of drug-likeness (QED) is 0.716. The molecule has 0 unspecified atom stereocenters. The Morgan fingerprint density at radius 2 is 1.57 bits per heavy atom. The average Bonchev–Trinajstić information content (AvgIpc) is 2.33. The third-order valence-corrected chi connectivity index (χ3v) is 5.29. The highest BCUT2D eigenvalue weighted by atomic mass is 32.2. The first-order valence-corrected chi connectivity index (χ1v) is 9.03. The number of sulfone groups is 1. The molecule has 4 heteroatoms. The topological polar surface area (TPSA) is 43.4 Å². The summed E-state index contributed by atoms with van der Waals surface area (Å²) in [5.41, 5.74) is -0.160. The molecule has 0 aromatic heterocycles. The lowest BCUT2D eigenvalue weighted by Crippen LogP contribution is -2.26. The fourth-order valence-corrected chi connectivity index (χ4v) is 3.94. The maximum atomic E-state index is 12.4. The minimum Gasteiger partial charge on any atom is -0.381 e. The Balaban J connectivity index is 2.56. The normalized spacial score (nSPS) is 13.4. The maximum absolute atomic E-state index is 12.4. The van der Waals surface area contributed by atoms with Crippen molar-refractivity contribution in [3.63, 3.8) is 0 Å². The van der Waals surface area contributed by atoms with Crippen LogP contribution in [0.2, 0.25) is 0 Å². The molecule has 0 saturated heterocycles. The molecular weight excluding hydrogens is 284 g/mol. The molecule has 1 aromatic carbocycles. The Hall–Kier alpha value is -0.870. The van der Waals surface area contributed by atoms with Crippen LogP contribution in [-0.2, 0) is 14.6 Å². The van der Waals surface area contributed by atoms with Crippen molar-refractivity contribution in [3.05, 3.63) is 30.3 Å². The van der Waals surface area contributed by atoms with E-state index in [1.807, 2.05) is 19.9 Å². The van der Waals surface area contributed by atoms with Gasteiger partial charge in [0.2, 0.25) is 0 Å². The van der Waals surface area contributed by atoms with E-state index in [-0.39, 0.29) is 16.6 Å². The van der Waals surface area contributed by atoms with Gasteiger partial charge >= 0.3 is 0 Å². The highest BCUT2D eigenvalue weighted by Crippen LogP contribution is 2.26. The lowest BCUT2D eigenvalue weighted by atomic mass is 9.92. The van der Waals surface area contributed by atoms with Crippen LogP contribution in [0.15, 0.2) is 35.2 Å². The molecule has 120 valence electrons. The number of benzene rings is 1. The Labute approximate surface area is 129 Å². The van der Waals surface area contributed by atoms with Crippen molar-refractivity contribution >= 4 is 9.84 Å². The molecule has 0 N–H and O–H groups in total. The summed E-state index contributed by atoms with van der Waals surface area (Å²) in [7, 11) is -3.24. The summed E-state index contributed by atoms with van der Waals surface area (Å²) >= 11 is 0. The Kier molecular flexibility index (Phi) is 6.00. The van der Waals surface area contributed by atoms with Gasteiger partial charge in [-0.2, -0.15) is 0 Å². The molecule has 0 spiro atoms. The highest BCUT2D eigenvalue weighted by Gasteiger charge is 2.27. The molecule has 0 atom stereocenters. The molecule has 1 rings (SSSR count). The number of rotatable bonds is 7. The van der Waals surface area contributed by atoms with Crippen molar-refractivity contribution in [2.24, 2.45) is 10.8 Å². The SMILES string of the molecule is CC(C)(C)COCCC(C)(C)CS(=O)(=O)c1ccccc1. The summed E-state index contributed by atoms with van der Waals surface area (Å²) in [6.07, 6.45) is 0.731. The first kappa shape index (κ1) is 18.2. The van der Waals surface area contributed by atoms with E-state index in [2.05, 4.69) is 20.8 Å². The van der Waals surface area contributed by atoms with Crippen LogP contribution in [-0.4, -0.2) is 27.4 Å². The second-order valence-electron chi connectivity index (χ2n) is 7.60. The van der Waals surface area contributed by atoms with Crippen LogP contribution in [0.1, 0.15) is 41.0 Å². The molecule has 0 aliphatic rings. The molecule has 0 saturated carbocycles. The first-order chi connectivity index (χ1) is 9.52. The molecule has 0 heterocycles. The summed E-state index contributed by atoms with van der Waals surface area (Å²) in [6, 6.07) is 8.65. The van der Waals surface area contributed by atoms with Crippen LogP contribution in [0.25, 0.3) is 0 Å². The van der Waals surface area contributed by atoms with Gasteiger partial charge in [-0.15, -0.1) is 0 Å². The van der Waals surface area contributed by atoms with E-state index in [0.29, 0.717) is 18.1 Å². The van der Waals surface area contributed by atoms with Gasteiger partial charge in [0, 0.05) is 6.61 Å². The molecular formula is C17H28O3S. The van der Waals surface area contributed by atoms with Gasteiger partial charge in [-0.3, -0.25) is 0 Å². The van der Waals surface area contributed by atoms with Crippen molar-refractivity contribution in [1.29, 1.82) is 0 Å². The van der Waals surface area contributed by atoms with Gasteiger partial charge in [-0.1, -0.05) is 52.8 Å². The molecule has 0 bridgehead atoms. The molecule has 21 heavy (non-hydrogen) atoms. The van der Waals surface area contributed by atoms with Gasteiger partial charge < -0.3 is 4.74 Å². The van der Waals surface area contributed by atoms with E-state index in [4.69, 9.17) is 4.74 Å². The summed E-state index contributed by atoms with van der Waals surface area (Å²) < 4.78 is 30.5. The minimum absolute atomic E-state index is 0.139. The fraction of sp³-hybridized carbons (Fsp3) is 0.647. The minimum atomic E-state index is -3.24. The van der Waals surface area contributed by atoms with E-state index in [1.165, 1.54) is 0 Å². The van der Waals surface area contributed by atoms with E-state index in [0.717, 1.165) is 6.42 Å². The van der Waals surface area contributed by atoms with E-state index >= 15 is 0 Å². The van der Waals surface area contributed by atoms with Gasteiger partial charge in [0.05, 0.1) is 17.3 Å². The van der Waals surface area contributed by atoms with E-state index in [9.17, 15) is 8.42 Å². The van der Waals surface area contributed by atoms with Gasteiger partial charge in [0.1, 0.15) is 0 Å². The van der Waals surface area contributed by atoms with Gasteiger partial charge in [-0.25, -0.2) is 8.42 Å². The zero-order valence-electron chi connectivity index (χ0n) is 13.8. The maximum Gasteiger partial charge on any atom is 0.178 e. The summed E-state index contributed by atoms with van der Waals surface area (Å²) in [6.45, 7) is 11.6. The van der Waals surface area contributed by atoms with Crippen LogP contribution in [0, 0.1) is 10.8 Å². The second kappa shape index (κ2) is 6.93. The molecule has 0 radical (unpaired) electrons. The standard InChI is InChI=1S/C17H28O3S/c1-16(2,3)13-20-12-11-17(4,5)14-21(18,19)15-9-7-6-8-10-15/h6-10H,11-14H2,1-5H3. The summed E-state index contributed by atoms with van der Waals surface area (Å²) in [5.74, 6) is 0.142. The van der Waals surface area contributed by atoms with Crippen molar-refractivity contribution < 1.29 is 13.2 Å². The summed E-state index contributed by atoms with van der Waals surface area (Å²) in [4.78, 5) is 0.397. The van der Waals surface area contributed by atoms with Crippen LogP contribution in [0.5, 0.6) is 0 Å². The van der Waals surface area contributed by atoms with Gasteiger partial charge in [0.15, 0.2) is 9.84 Å². The van der Waals surface area contributed by atoms with Crippen LogP contribution >= 0.6 is 0 Å². The van der Waals surface area contributed by atoms with Crippen molar-refractivity contribution in [2.75, 3.05) is 19.0 Å².